The Morgan fingerprint density at radius 3 is 2.00 bits per heavy atom. The van der Waals surface area contributed by atoms with Crippen molar-refractivity contribution in [3.05, 3.63) is 69.5 Å². The Hall–Kier alpha value is -2.99. The van der Waals surface area contributed by atoms with Crippen LogP contribution >= 0.6 is 15.9 Å². The van der Waals surface area contributed by atoms with Gasteiger partial charge in [-0.25, -0.2) is 12.8 Å². The molecule has 3 rings (SSSR count). The van der Waals surface area contributed by atoms with Crippen molar-refractivity contribution < 1.29 is 57.1 Å². The third kappa shape index (κ3) is 4.79. The predicted molar refractivity (Wildman–Crippen MR) is 114 cm³/mol. The van der Waals surface area contributed by atoms with Gasteiger partial charge in [-0.1, -0.05) is 12.1 Å². The van der Waals surface area contributed by atoms with E-state index in [1.54, 1.807) is 0 Å². The molecule has 38 heavy (non-hydrogen) atoms. The molecule has 3 aromatic rings. The molecule has 0 bridgehead atoms. The second-order valence-electron chi connectivity index (χ2n) is 7.42. The molecule has 18 heteroatoms. The monoisotopic (exact) mass is 641 g/mol. The largest absolute Gasteiger partial charge is 0.751 e. The van der Waals surface area contributed by atoms with E-state index in [1.807, 2.05) is 0 Å². The molecule has 0 unspecified atom stereocenters. The second kappa shape index (κ2) is 9.33. The number of fused-ring (bicyclic) bond motifs is 1. The van der Waals surface area contributed by atoms with Crippen LogP contribution in [0.5, 0.6) is 0 Å². The number of halogens is 11. The van der Waals surface area contributed by atoms with E-state index < -0.39 is 82.7 Å². The Bertz CT molecular complexity index is 1510. The standard InChI is InChI=1S/C20H8BrF10N2O4S/c21-12-7-11(17(22,18(23,24)25)19(26,27)28)8-14(38(36,37)20(29,30)31)15(12)33(35)16(34)10-4-3-9-2-1-5-32-13(9)6-10/h1-8H/q-1. The second-order valence-corrected chi connectivity index (χ2v) is 10.2. The maximum atomic E-state index is 14.6. The summed E-state index contributed by atoms with van der Waals surface area (Å²) in [5, 5.41) is 12.2. The van der Waals surface area contributed by atoms with Crippen molar-refractivity contribution in [3.63, 3.8) is 0 Å². The van der Waals surface area contributed by atoms with Gasteiger partial charge in [0.25, 0.3) is 9.84 Å². The van der Waals surface area contributed by atoms with Crippen LogP contribution in [-0.4, -0.2) is 37.2 Å². The lowest BCUT2D eigenvalue weighted by atomic mass is 9.94. The molecule has 1 heterocycles. The van der Waals surface area contributed by atoms with E-state index in [2.05, 4.69) is 20.9 Å². The average molecular weight is 642 g/mol. The highest BCUT2D eigenvalue weighted by molar-refractivity contribution is 9.10. The highest BCUT2D eigenvalue weighted by Gasteiger charge is 2.73. The molecule has 0 saturated heterocycles. The number of carbonyl (C=O) groups is 1. The number of nitrogens with zero attached hydrogens (tertiary/aromatic N) is 2. The Labute approximate surface area is 213 Å². The van der Waals surface area contributed by atoms with Gasteiger partial charge in [-0.05, 0) is 46.3 Å². The Balaban J connectivity index is 2.33. The van der Waals surface area contributed by atoms with E-state index >= 15 is 0 Å². The number of hydrogen-bond donors (Lipinski definition) is 0. The molecule has 0 N–H and O–H groups in total. The summed E-state index contributed by atoms with van der Waals surface area (Å²) < 4.78 is 157. The molecule has 1 aromatic heterocycles. The van der Waals surface area contributed by atoms with Gasteiger partial charge in [0.2, 0.25) is 5.91 Å². The first-order valence-corrected chi connectivity index (χ1v) is 11.8. The lowest BCUT2D eigenvalue weighted by molar-refractivity contribution is -0.348. The molecule has 6 nitrogen and oxygen atoms in total. The minimum absolute atomic E-state index is 0.0851. The predicted octanol–water partition coefficient (Wildman–Crippen LogP) is 6.72. The molecular formula is C20H8BrF10N2O4S-. The first-order chi connectivity index (χ1) is 17.1. The Morgan fingerprint density at radius 2 is 1.47 bits per heavy atom. The van der Waals surface area contributed by atoms with Gasteiger partial charge in [0.05, 0.1) is 11.2 Å². The van der Waals surface area contributed by atoms with Gasteiger partial charge in [0.15, 0.2) is 0 Å². The summed E-state index contributed by atoms with van der Waals surface area (Å²) in [6, 6.07) is 4.83. The van der Waals surface area contributed by atoms with Crippen LogP contribution < -0.4 is 5.06 Å². The fourth-order valence-corrected chi connectivity index (χ4v) is 4.94. The fraction of sp³-hybridized carbons (Fsp3) is 0.200. The quantitative estimate of drug-likeness (QED) is 0.233. The zero-order valence-corrected chi connectivity index (χ0v) is 20.1. The average Bonchev–Trinajstić information content (AvgIpc) is 2.79. The highest BCUT2D eigenvalue weighted by Crippen LogP contribution is 2.55. The van der Waals surface area contributed by atoms with Gasteiger partial charge in [-0.3, -0.25) is 9.78 Å². The van der Waals surface area contributed by atoms with Gasteiger partial charge < -0.3 is 10.3 Å². The molecule has 0 aliphatic carbocycles. The lowest BCUT2D eigenvalue weighted by Gasteiger charge is -2.34. The van der Waals surface area contributed by atoms with Crippen LogP contribution in [0.2, 0.25) is 0 Å². The van der Waals surface area contributed by atoms with E-state index in [4.69, 9.17) is 0 Å². The smallest absolute Gasteiger partial charge is 0.501 e. The molecule has 2 aromatic carbocycles. The number of rotatable bonds is 4. The van der Waals surface area contributed by atoms with Gasteiger partial charge >= 0.3 is 23.5 Å². The summed E-state index contributed by atoms with van der Waals surface area (Å²) in [7, 11) is -6.94. The third-order valence-corrected chi connectivity index (χ3v) is 7.15. The Morgan fingerprint density at radius 1 is 0.895 bits per heavy atom. The van der Waals surface area contributed by atoms with Crippen LogP contribution in [0.3, 0.4) is 0 Å². The van der Waals surface area contributed by atoms with Gasteiger partial charge in [-0.2, -0.15) is 39.5 Å². The van der Waals surface area contributed by atoms with Crippen molar-refractivity contribution in [3.8, 4) is 0 Å². The van der Waals surface area contributed by atoms with E-state index in [9.17, 15) is 62.3 Å². The molecule has 0 fully saturated rings. The van der Waals surface area contributed by atoms with Crippen molar-refractivity contribution in [1.29, 1.82) is 0 Å². The van der Waals surface area contributed by atoms with Crippen molar-refractivity contribution in [2.75, 3.05) is 5.06 Å². The molecule has 0 aliphatic heterocycles. The van der Waals surface area contributed by atoms with Crippen molar-refractivity contribution in [2.45, 2.75) is 28.4 Å². The SMILES string of the molecule is O=C(c1ccc2cccnc2c1)N([O-])c1c(Br)cc(C(F)(C(F)(F)F)C(F)(F)F)cc1S(=O)(=O)C(F)(F)F. The number of alkyl halides is 10. The van der Waals surface area contributed by atoms with Crippen molar-refractivity contribution in [2.24, 2.45) is 0 Å². The van der Waals surface area contributed by atoms with Crippen LogP contribution in [0.1, 0.15) is 15.9 Å². The number of hydrogen-bond acceptors (Lipinski definition) is 5. The molecule has 206 valence electrons. The fourth-order valence-electron chi connectivity index (χ4n) is 3.21. The number of sulfone groups is 1. The number of benzene rings is 2. The molecule has 0 aliphatic rings. The van der Waals surface area contributed by atoms with E-state index in [0.29, 0.717) is 5.39 Å². The number of aromatic nitrogens is 1. The highest BCUT2D eigenvalue weighted by atomic mass is 79.9. The van der Waals surface area contributed by atoms with Gasteiger partial charge in [0, 0.05) is 27.2 Å². The van der Waals surface area contributed by atoms with E-state index in [1.165, 1.54) is 24.4 Å². The zero-order valence-electron chi connectivity index (χ0n) is 17.7. The van der Waals surface area contributed by atoms with Gasteiger partial charge in [-0.15, -0.1) is 0 Å². The topological polar surface area (TPSA) is 90.4 Å². The molecule has 1 amide bonds. The molecule has 0 spiro atoms. The third-order valence-electron chi connectivity index (χ3n) is 5.04. The summed E-state index contributed by atoms with van der Waals surface area (Å²) >= 11 is 2.23. The molecule has 0 radical (unpaired) electrons. The van der Waals surface area contributed by atoms with Crippen LogP contribution in [-0.2, 0) is 15.5 Å². The van der Waals surface area contributed by atoms with Crippen LogP contribution in [0, 0.1) is 5.21 Å². The summed E-state index contributed by atoms with van der Waals surface area (Å²) in [5.74, 6) is -1.78. The lowest BCUT2D eigenvalue weighted by Crippen LogP contribution is -2.50. The summed E-state index contributed by atoms with van der Waals surface area (Å²) in [4.78, 5) is 14.1. The number of carbonyl (C=O) groups excluding carboxylic acids is 1. The summed E-state index contributed by atoms with van der Waals surface area (Å²) in [6.07, 6.45) is -12.4. The minimum atomic E-state index is -6.94. The van der Waals surface area contributed by atoms with Crippen LogP contribution in [0.25, 0.3) is 10.9 Å². The summed E-state index contributed by atoms with van der Waals surface area (Å²) in [6.45, 7) is 0. The van der Waals surface area contributed by atoms with Crippen molar-refractivity contribution in [1.82, 2.24) is 4.98 Å². The molecule has 0 saturated carbocycles. The van der Waals surface area contributed by atoms with E-state index in [-0.39, 0.29) is 5.52 Å². The van der Waals surface area contributed by atoms with Crippen LogP contribution in [0.4, 0.5) is 49.6 Å². The van der Waals surface area contributed by atoms with Crippen LogP contribution in [0.15, 0.2) is 58.0 Å². The minimum Gasteiger partial charge on any atom is -0.751 e. The number of anilines is 1. The normalized spacial score (nSPS) is 13.6. The first-order valence-electron chi connectivity index (χ1n) is 9.48. The van der Waals surface area contributed by atoms with E-state index in [0.717, 1.165) is 12.1 Å². The maximum Gasteiger partial charge on any atom is 0.501 e. The zero-order chi connectivity index (χ0) is 29.1. The number of hydroxylamine groups is 1. The Kier molecular flexibility index (Phi) is 7.26. The van der Waals surface area contributed by atoms with Crippen molar-refractivity contribution >= 4 is 48.3 Å². The summed E-state index contributed by atoms with van der Waals surface area (Å²) in [5.41, 5.74) is -17.8. The first kappa shape index (κ1) is 29.6. The molecule has 0 atom stereocenters. The molecular weight excluding hydrogens is 634 g/mol. The number of amides is 1. The number of pyridine rings is 1. The van der Waals surface area contributed by atoms with Gasteiger partial charge in [0.1, 0.15) is 4.90 Å². The maximum absolute atomic E-state index is 14.6.